The van der Waals surface area contributed by atoms with Crippen LogP contribution in [0.4, 0.5) is 0 Å². The average Bonchev–Trinajstić information content (AvgIpc) is 2.76. The molecule has 7 heteroatoms. The fourth-order valence-electron chi connectivity index (χ4n) is 1.76. The number of hydrogen-bond donors (Lipinski definition) is 1. The Morgan fingerprint density at radius 1 is 1.67 bits per heavy atom. The first kappa shape index (κ1) is 10.0. The molecule has 0 aliphatic carbocycles. The Morgan fingerprint density at radius 3 is 3.00 bits per heavy atom. The molecular weight excluding hydrogens is 198 g/mol. The molecule has 1 aromatic heterocycles. The van der Waals surface area contributed by atoms with Gasteiger partial charge in [-0.1, -0.05) is 0 Å². The highest BCUT2D eigenvalue weighted by atomic mass is 16.4. The van der Waals surface area contributed by atoms with Gasteiger partial charge in [-0.05, 0) is 18.2 Å². The Balaban J connectivity index is 1.90. The maximum absolute atomic E-state index is 10.7. The quantitative estimate of drug-likeness (QED) is 0.698. The molecule has 2 heterocycles. The molecule has 1 aliphatic heterocycles. The lowest BCUT2D eigenvalue weighted by molar-refractivity contribution is -0.141. The lowest BCUT2D eigenvalue weighted by Crippen LogP contribution is -2.23. The number of likely N-dealkylation sites (tertiary alicyclic amines) is 1. The summed E-state index contributed by atoms with van der Waals surface area (Å²) in [6.45, 7) is 1.94. The van der Waals surface area contributed by atoms with Gasteiger partial charge in [-0.3, -0.25) is 9.69 Å². The maximum Gasteiger partial charge on any atom is 0.307 e. The summed E-state index contributed by atoms with van der Waals surface area (Å²) >= 11 is 0. The summed E-state index contributed by atoms with van der Waals surface area (Å²) in [5.41, 5.74) is 0. The fourth-order valence-corrected chi connectivity index (χ4v) is 1.76. The van der Waals surface area contributed by atoms with E-state index in [1.54, 1.807) is 7.05 Å². The second-order valence-electron chi connectivity index (χ2n) is 3.75. The molecule has 1 fully saturated rings. The SMILES string of the molecule is Cn1nnc(CN2CCC(C(=O)O)C2)n1. The molecule has 0 spiro atoms. The van der Waals surface area contributed by atoms with Crippen molar-refractivity contribution in [3.8, 4) is 0 Å². The minimum absolute atomic E-state index is 0.248. The van der Waals surface area contributed by atoms with Crippen LogP contribution in [0.15, 0.2) is 0 Å². The topological polar surface area (TPSA) is 84.1 Å². The zero-order valence-electron chi connectivity index (χ0n) is 8.50. The van der Waals surface area contributed by atoms with E-state index < -0.39 is 5.97 Å². The van der Waals surface area contributed by atoms with Crippen molar-refractivity contribution in [2.24, 2.45) is 13.0 Å². The van der Waals surface area contributed by atoms with Gasteiger partial charge >= 0.3 is 5.97 Å². The lowest BCUT2D eigenvalue weighted by atomic mass is 10.1. The van der Waals surface area contributed by atoms with Crippen LogP contribution >= 0.6 is 0 Å². The van der Waals surface area contributed by atoms with Gasteiger partial charge in [0.1, 0.15) is 0 Å². The summed E-state index contributed by atoms with van der Waals surface area (Å²) in [7, 11) is 1.71. The third kappa shape index (κ3) is 2.30. The number of carboxylic acids is 1. The number of aliphatic carboxylic acids is 1. The Bertz CT molecular complexity index is 364. The number of nitrogens with zero attached hydrogens (tertiary/aromatic N) is 5. The van der Waals surface area contributed by atoms with Gasteiger partial charge in [-0.25, -0.2) is 0 Å². The molecule has 1 unspecified atom stereocenters. The first-order valence-electron chi connectivity index (χ1n) is 4.83. The third-order valence-corrected chi connectivity index (χ3v) is 2.54. The molecule has 82 valence electrons. The van der Waals surface area contributed by atoms with Crippen molar-refractivity contribution in [3.05, 3.63) is 5.82 Å². The number of rotatable bonds is 3. The van der Waals surface area contributed by atoms with E-state index in [1.807, 2.05) is 4.90 Å². The van der Waals surface area contributed by atoms with E-state index in [4.69, 9.17) is 5.11 Å². The number of tetrazole rings is 1. The standard InChI is InChI=1S/C8H13N5O2/c1-12-10-7(9-11-12)5-13-3-2-6(4-13)8(14)15/h6H,2-5H2,1H3,(H,14,15). The van der Waals surface area contributed by atoms with Gasteiger partial charge in [-0.15, -0.1) is 10.2 Å². The molecular formula is C8H13N5O2. The number of hydrogen-bond acceptors (Lipinski definition) is 5. The minimum Gasteiger partial charge on any atom is -0.481 e. The number of aryl methyl sites for hydroxylation is 1. The van der Waals surface area contributed by atoms with Gasteiger partial charge in [0.25, 0.3) is 0 Å². The minimum atomic E-state index is -0.718. The third-order valence-electron chi connectivity index (χ3n) is 2.54. The molecule has 1 N–H and O–H groups in total. The monoisotopic (exact) mass is 211 g/mol. The van der Waals surface area contributed by atoms with Gasteiger partial charge in [-0.2, -0.15) is 4.80 Å². The Kier molecular flexibility index (Phi) is 2.63. The van der Waals surface area contributed by atoms with Crippen molar-refractivity contribution in [1.29, 1.82) is 0 Å². The van der Waals surface area contributed by atoms with Crippen LogP contribution in [0.2, 0.25) is 0 Å². The molecule has 0 radical (unpaired) electrons. The first-order valence-corrected chi connectivity index (χ1v) is 4.83. The normalized spacial score (nSPS) is 22.1. The number of carboxylic acid groups (broad SMARTS) is 1. The zero-order valence-corrected chi connectivity index (χ0v) is 8.50. The Labute approximate surface area is 86.7 Å². The van der Waals surface area contributed by atoms with Crippen LogP contribution in [0.25, 0.3) is 0 Å². The molecule has 1 aliphatic rings. The van der Waals surface area contributed by atoms with Crippen molar-refractivity contribution >= 4 is 5.97 Å². The van der Waals surface area contributed by atoms with Crippen molar-refractivity contribution in [2.45, 2.75) is 13.0 Å². The number of aromatic nitrogens is 4. The van der Waals surface area contributed by atoms with Crippen molar-refractivity contribution in [2.75, 3.05) is 13.1 Å². The number of carbonyl (C=O) groups is 1. The van der Waals surface area contributed by atoms with Crippen LogP contribution in [0, 0.1) is 5.92 Å². The van der Waals surface area contributed by atoms with Crippen LogP contribution in [-0.4, -0.2) is 49.3 Å². The summed E-state index contributed by atoms with van der Waals surface area (Å²) in [5.74, 6) is -0.324. The van der Waals surface area contributed by atoms with Crippen molar-refractivity contribution in [1.82, 2.24) is 25.1 Å². The van der Waals surface area contributed by atoms with E-state index in [-0.39, 0.29) is 5.92 Å². The highest BCUT2D eigenvalue weighted by Crippen LogP contribution is 2.17. The molecule has 2 rings (SSSR count). The molecule has 1 atom stereocenters. The smallest absolute Gasteiger partial charge is 0.307 e. The lowest BCUT2D eigenvalue weighted by Gasteiger charge is -2.11. The highest BCUT2D eigenvalue weighted by Gasteiger charge is 2.28. The summed E-state index contributed by atoms with van der Waals surface area (Å²) in [6.07, 6.45) is 0.704. The van der Waals surface area contributed by atoms with Crippen LogP contribution in [0.5, 0.6) is 0 Å². The van der Waals surface area contributed by atoms with Gasteiger partial charge in [0, 0.05) is 6.54 Å². The highest BCUT2D eigenvalue weighted by molar-refractivity contribution is 5.70. The predicted octanol–water partition coefficient (Wildman–Crippen LogP) is -0.883. The summed E-state index contributed by atoms with van der Waals surface area (Å²) in [5, 5.41) is 20.5. The van der Waals surface area contributed by atoms with Crippen LogP contribution in [-0.2, 0) is 18.4 Å². The van der Waals surface area contributed by atoms with Gasteiger partial charge in [0.15, 0.2) is 5.82 Å². The maximum atomic E-state index is 10.7. The molecule has 1 saturated heterocycles. The molecule has 0 aromatic carbocycles. The van der Waals surface area contributed by atoms with Crippen molar-refractivity contribution < 1.29 is 9.90 Å². The summed E-state index contributed by atoms with van der Waals surface area (Å²) in [6, 6.07) is 0. The van der Waals surface area contributed by atoms with Gasteiger partial charge < -0.3 is 5.11 Å². The Hall–Kier alpha value is -1.50. The molecule has 0 bridgehead atoms. The van der Waals surface area contributed by atoms with Crippen LogP contribution in [0.3, 0.4) is 0 Å². The van der Waals surface area contributed by atoms with E-state index in [2.05, 4.69) is 15.4 Å². The molecule has 7 nitrogen and oxygen atoms in total. The largest absolute Gasteiger partial charge is 0.481 e. The van der Waals surface area contributed by atoms with E-state index in [0.717, 1.165) is 6.54 Å². The van der Waals surface area contributed by atoms with Gasteiger partial charge in [0.2, 0.25) is 0 Å². The van der Waals surface area contributed by atoms with E-state index >= 15 is 0 Å². The first-order chi connectivity index (χ1) is 7.15. The van der Waals surface area contributed by atoms with Gasteiger partial charge in [0.05, 0.1) is 19.5 Å². The average molecular weight is 211 g/mol. The summed E-state index contributed by atoms with van der Waals surface area (Å²) in [4.78, 5) is 14.2. The fraction of sp³-hybridized carbons (Fsp3) is 0.750. The molecule has 1 aromatic rings. The Morgan fingerprint density at radius 2 is 2.47 bits per heavy atom. The molecule has 0 amide bonds. The molecule has 0 saturated carbocycles. The van der Waals surface area contributed by atoms with Crippen LogP contribution < -0.4 is 0 Å². The summed E-state index contributed by atoms with van der Waals surface area (Å²) < 4.78 is 0. The second-order valence-corrected chi connectivity index (χ2v) is 3.75. The zero-order chi connectivity index (χ0) is 10.8. The van der Waals surface area contributed by atoms with E-state index in [9.17, 15) is 4.79 Å². The van der Waals surface area contributed by atoms with E-state index in [0.29, 0.717) is 25.3 Å². The second kappa shape index (κ2) is 3.93. The van der Waals surface area contributed by atoms with Crippen molar-refractivity contribution in [3.63, 3.8) is 0 Å². The molecule has 15 heavy (non-hydrogen) atoms. The van der Waals surface area contributed by atoms with E-state index in [1.165, 1.54) is 4.80 Å². The predicted molar refractivity (Wildman–Crippen MR) is 49.8 cm³/mol. The van der Waals surface area contributed by atoms with Crippen LogP contribution in [0.1, 0.15) is 12.2 Å².